The molecular weight excluding hydrogens is 444 g/mol. The molecule has 1 heterocycles. The molecule has 1 aromatic heterocycles. The molecule has 1 aromatic rings. The fraction of sp³-hybridized carbons (Fsp3) is 0.750. The minimum Gasteiger partial charge on any atom is -0.480 e. The normalized spacial score (nSPS) is 23.3. The second-order valence-corrected chi connectivity index (χ2v) is 11.0. The molecule has 0 unspecified atom stereocenters. The molecule has 1 atom stereocenters. The van der Waals surface area contributed by atoms with Crippen LogP contribution in [-0.2, 0) is 4.79 Å². The molecule has 170 valence electrons. The van der Waals surface area contributed by atoms with Gasteiger partial charge in [0.05, 0.1) is 10.4 Å². The molecule has 5 N–H and O–H groups in total. The molecule has 0 radical (unpaired) electrons. The molecule has 7 nitrogen and oxygen atoms in total. The van der Waals surface area contributed by atoms with E-state index >= 15 is 0 Å². The molecule has 3 rings (SSSR count). The van der Waals surface area contributed by atoms with Crippen LogP contribution in [0.25, 0.3) is 0 Å². The number of carboxylic acids is 1. The Hall–Kier alpha value is -1.03. The van der Waals surface area contributed by atoms with Gasteiger partial charge < -0.3 is 16.2 Å². The highest BCUT2D eigenvalue weighted by atomic mass is 35.5. The van der Waals surface area contributed by atoms with E-state index in [0.717, 1.165) is 35.8 Å². The van der Waals surface area contributed by atoms with Gasteiger partial charge in [-0.25, -0.2) is 9.78 Å². The average molecular weight is 477 g/mol. The topological polar surface area (TPSA) is 118 Å². The third-order valence-corrected chi connectivity index (χ3v) is 8.64. The van der Waals surface area contributed by atoms with Crippen LogP contribution in [0.3, 0.4) is 0 Å². The first kappa shape index (κ1) is 25.2. The molecule has 2 amide bonds. The van der Waals surface area contributed by atoms with Crippen molar-refractivity contribution in [3.05, 3.63) is 6.20 Å². The summed E-state index contributed by atoms with van der Waals surface area (Å²) in [5, 5.41) is 11.5. The summed E-state index contributed by atoms with van der Waals surface area (Å²) < 4.78 is 0.850. The predicted octanol–water partition coefficient (Wildman–Crippen LogP) is 5.83. The fourth-order valence-corrected chi connectivity index (χ4v) is 6.26. The Morgan fingerprint density at radius 1 is 1.23 bits per heavy atom. The number of nitrogens with zero attached hydrogens (tertiary/aromatic N) is 2. The van der Waals surface area contributed by atoms with Crippen molar-refractivity contribution >= 4 is 51.8 Å². The lowest BCUT2D eigenvalue weighted by Crippen LogP contribution is -2.51. The number of thioether (sulfide) groups is 1. The van der Waals surface area contributed by atoms with Gasteiger partial charge in [0.2, 0.25) is 0 Å². The summed E-state index contributed by atoms with van der Waals surface area (Å²) in [7, 11) is 0. The molecule has 30 heavy (non-hydrogen) atoms. The van der Waals surface area contributed by atoms with Crippen molar-refractivity contribution < 1.29 is 14.7 Å². The van der Waals surface area contributed by atoms with Gasteiger partial charge in [0.1, 0.15) is 5.38 Å². The highest BCUT2D eigenvalue weighted by Gasteiger charge is 2.34. The first-order chi connectivity index (χ1) is 13.9. The minimum absolute atomic E-state index is 0. The summed E-state index contributed by atoms with van der Waals surface area (Å²) in [5.41, 5.74) is 0. The number of hydrogen-bond donors (Lipinski definition) is 3. The first-order valence-electron chi connectivity index (χ1n) is 10.5. The van der Waals surface area contributed by atoms with Crippen LogP contribution in [0.1, 0.15) is 64.7 Å². The molecule has 0 saturated heterocycles. The van der Waals surface area contributed by atoms with Gasteiger partial charge in [0, 0.05) is 17.8 Å². The lowest BCUT2D eigenvalue weighted by molar-refractivity contribution is -0.136. The third kappa shape index (κ3) is 7.00. The van der Waals surface area contributed by atoms with Gasteiger partial charge in [-0.15, -0.1) is 23.4 Å². The highest BCUT2D eigenvalue weighted by Crippen LogP contribution is 2.34. The first-order valence-corrected chi connectivity index (χ1v) is 12.7. The van der Waals surface area contributed by atoms with Crippen molar-refractivity contribution in [2.24, 2.45) is 5.92 Å². The number of aromatic nitrogens is 1. The number of aliphatic carboxylic acids is 1. The summed E-state index contributed by atoms with van der Waals surface area (Å²) in [5.74, 6) is -0.0132. The van der Waals surface area contributed by atoms with Crippen LogP contribution in [-0.4, -0.2) is 50.2 Å². The van der Waals surface area contributed by atoms with Crippen LogP contribution in [0.15, 0.2) is 10.4 Å². The largest absolute Gasteiger partial charge is 0.480 e. The zero-order valence-electron chi connectivity index (χ0n) is 17.5. The third-order valence-electron chi connectivity index (χ3n) is 5.92. The zero-order valence-corrected chi connectivity index (χ0v) is 19.9. The number of nitrogens with one attached hydrogen (secondary N) is 1. The number of amides is 2. The molecule has 0 aliphatic heterocycles. The number of hydrogen-bond acceptors (Lipinski definition) is 6. The average Bonchev–Trinajstić information content (AvgIpc) is 3.15. The van der Waals surface area contributed by atoms with Crippen molar-refractivity contribution in [2.45, 2.75) is 86.4 Å². The molecule has 2 saturated carbocycles. The number of halogens is 1. The highest BCUT2D eigenvalue weighted by molar-refractivity contribution is 8.01. The van der Waals surface area contributed by atoms with Gasteiger partial charge in [-0.05, 0) is 44.4 Å². The lowest BCUT2D eigenvalue weighted by Gasteiger charge is -2.42. The van der Waals surface area contributed by atoms with Crippen LogP contribution < -0.4 is 11.5 Å². The van der Waals surface area contributed by atoms with E-state index < -0.39 is 11.3 Å². The summed E-state index contributed by atoms with van der Waals surface area (Å²) in [6.45, 7) is 2.30. The second kappa shape index (κ2) is 12.1. The Balaban J connectivity index is 0.00000320. The van der Waals surface area contributed by atoms with Crippen LogP contribution in [0, 0.1) is 5.92 Å². The van der Waals surface area contributed by atoms with Crippen molar-refractivity contribution in [3.8, 4) is 0 Å². The number of alkyl halides is 1. The Kier molecular flexibility index (Phi) is 10.2. The SMILES string of the molecule is CC1CCC(N(C(=O)Nc2ncc(SC[C@@H](Cl)C(=O)O)s2)C2CCCCC2)CC1.N. The number of rotatable bonds is 7. The van der Waals surface area contributed by atoms with Gasteiger partial charge in [0.25, 0.3) is 0 Å². The molecule has 2 aliphatic carbocycles. The summed E-state index contributed by atoms with van der Waals surface area (Å²) in [4.78, 5) is 30.5. The molecule has 2 fully saturated rings. The Morgan fingerprint density at radius 3 is 2.50 bits per heavy atom. The van der Waals surface area contributed by atoms with E-state index in [9.17, 15) is 9.59 Å². The number of urea groups is 1. The van der Waals surface area contributed by atoms with Crippen LogP contribution >= 0.6 is 34.7 Å². The summed E-state index contributed by atoms with van der Waals surface area (Å²) in [6.07, 6.45) is 12.0. The monoisotopic (exact) mass is 476 g/mol. The van der Waals surface area contributed by atoms with Crippen molar-refractivity contribution in [2.75, 3.05) is 11.1 Å². The van der Waals surface area contributed by atoms with Gasteiger partial charge >= 0.3 is 12.0 Å². The summed E-state index contributed by atoms with van der Waals surface area (Å²) >= 11 is 8.48. The molecule has 0 bridgehead atoms. The Bertz CT molecular complexity index is 691. The number of thiazole rings is 1. The quantitative estimate of drug-likeness (QED) is 0.336. The smallest absolute Gasteiger partial charge is 0.324 e. The van der Waals surface area contributed by atoms with Crippen LogP contribution in [0.2, 0.25) is 0 Å². The van der Waals surface area contributed by atoms with E-state index in [2.05, 4.69) is 22.1 Å². The van der Waals surface area contributed by atoms with Crippen LogP contribution in [0.4, 0.5) is 9.93 Å². The number of anilines is 1. The maximum absolute atomic E-state index is 13.2. The van der Waals surface area contributed by atoms with E-state index in [-0.39, 0.29) is 17.9 Å². The van der Waals surface area contributed by atoms with Gasteiger partial charge in [-0.3, -0.25) is 10.1 Å². The fourth-order valence-electron chi connectivity index (χ4n) is 4.28. The standard InChI is InChI=1S/C20H30ClN3O3S2.H3N/c1-13-7-9-15(10-8-13)24(14-5-3-2-4-6-14)20(27)23-19-22-11-17(29-19)28-12-16(21)18(25)26;/h11,13-16H,2-10,12H2,1H3,(H,25,26)(H,22,23,27);1H3/t13?,15?,16-;/m1./s1. The molecule has 2 aliphatic rings. The van der Waals surface area contributed by atoms with E-state index in [4.69, 9.17) is 16.7 Å². The molecule has 0 aromatic carbocycles. The van der Waals surface area contributed by atoms with E-state index in [0.29, 0.717) is 17.2 Å². The number of carboxylic acid groups (broad SMARTS) is 1. The van der Waals surface area contributed by atoms with Gasteiger partial charge in [0.15, 0.2) is 5.13 Å². The minimum atomic E-state index is -1.03. The number of carbonyl (C=O) groups excluding carboxylic acids is 1. The van der Waals surface area contributed by atoms with E-state index in [1.165, 1.54) is 55.2 Å². The van der Waals surface area contributed by atoms with E-state index in [1.807, 2.05) is 0 Å². The molecule has 0 spiro atoms. The molecule has 10 heteroatoms. The van der Waals surface area contributed by atoms with Crippen molar-refractivity contribution in [1.82, 2.24) is 16.0 Å². The number of carbonyl (C=O) groups is 2. The van der Waals surface area contributed by atoms with Gasteiger partial charge in [-0.1, -0.05) is 37.5 Å². The Labute approximate surface area is 191 Å². The second-order valence-electron chi connectivity index (χ2n) is 8.14. The Morgan fingerprint density at radius 2 is 1.87 bits per heavy atom. The van der Waals surface area contributed by atoms with Crippen molar-refractivity contribution in [3.63, 3.8) is 0 Å². The molecular formula is C20H33ClN4O3S2. The van der Waals surface area contributed by atoms with Crippen molar-refractivity contribution in [1.29, 1.82) is 0 Å². The van der Waals surface area contributed by atoms with Crippen LogP contribution in [0.5, 0.6) is 0 Å². The maximum atomic E-state index is 13.2. The lowest BCUT2D eigenvalue weighted by atomic mass is 9.84. The zero-order chi connectivity index (χ0) is 20.8. The predicted molar refractivity (Wildman–Crippen MR) is 124 cm³/mol. The maximum Gasteiger partial charge on any atom is 0.324 e. The van der Waals surface area contributed by atoms with Gasteiger partial charge in [-0.2, -0.15) is 0 Å². The van der Waals surface area contributed by atoms with E-state index in [1.54, 1.807) is 6.20 Å². The summed E-state index contributed by atoms with van der Waals surface area (Å²) in [6, 6.07) is 0.599.